The van der Waals surface area contributed by atoms with Gasteiger partial charge < -0.3 is 24.8 Å². The number of imide groups is 2. The number of nitrogens with zero attached hydrogens (tertiary/aromatic N) is 5. The third-order valence-corrected chi connectivity index (χ3v) is 17.7. The number of rotatable bonds is 8. The molecule has 0 radical (unpaired) electrons. The molecule has 8 aliphatic heterocycles. The number of amides is 7. The van der Waals surface area contributed by atoms with E-state index in [1.807, 2.05) is 37.8 Å². The van der Waals surface area contributed by atoms with Crippen LogP contribution < -0.4 is 16.0 Å². The summed E-state index contributed by atoms with van der Waals surface area (Å²) < 4.78 is 5.54. The zero-order valence-corrected chi connectivity index (χ0v) is 41.9. The summed E-state index contributed by atoms with van der Waals surface area (Å²) in [4.78, 5) is 96.6. The summed E-state index contributed by atoms with van der Waals surface area (Å²) in [6, 6.07) is 12.5. The van der Waals surface area contributed by atoms with Crippen molar-refractivity contribution in [1.82, 2.24) is 40.4 Å². The van der Waals surface area contributed by atoms with Gasteiger partial charge in [0, 0.05) is 112 Å². The lowest BCUT2D eigenvalue weighted by Gasteiger charge is -2.62. The maximum absolute atomic E-state index is 13.1. The average Bonchev–Trinajstić information content (AvgIpc) is 3.76. The standard InChI is InChI=1S/C30H40N4O5.C25H32N4O3/c1-29(2,3)39-28(38)33-17-30(18-33)15-32(16-30)23-7-5-4-6-20(23)12-19-8-9-22-21(13-19)14-34(27(22)37)24-10-11-25(35)31-26(24)36;30-22-8-7-21(23(31)27-22)29-11-18-10-16(5-6-19(18)24(29)32)9-17-3-1-2-4-20(17)28-14-25(15-28)12-26-13-25/h8-9,13,20,23-24H,4-7,10-12,14-18H2,1-3H3,(H,31,35,36);5-6,10,17,20-21,26H,1-4,7-9,11-15H2,(H,27,30,31)/t20-,23+,24?;17-,20+,21?/m11/s1. The van der Waals surface area contributed by atoms with Gasteiger partial charge >= 0.3 is 6.09 Å². The van der Waals surface area contributed by atoms with Gasteiger partial charge in [-0.25, -0.2) is 4.79 Å². The molecule has 16 nitrogen and oxygen atoms in total. The number of carbonyl (C=O) groups is 7. The SMILES string of the molecule is CC(C)(C)OC(=O)N1CC2(C1)CN([C@H]1CCCC[C@@H]1Cc1ccc3c(c1)CN(C1CCC(=O)NC1=O)C3=O)C2.O=C1CCC(N2Cc3cc(C[C@H]4CCCC[C@@H]4N4CC5(CNC5)C4)ccc3C2=O)C(=O)N1. The van der Waals surface area contributed by atoms with Crippen LogP contribution in [-0.2, 0) is 49.8 Å². The number of hydrogen-bond acceptors (Lipinski definition) is 11. The van der Waals surface area contributed by atoms with Crippen molar-refractivity contribution in [1.29, 1.82) is 0 Å². The first kappa shape index (κ1) is 48.1. The molecule has 16 heteroatoms. The molecule has 2 unspecified atom stereocenters. The number of likely N-dealkylation sites (tertiary alicyclic amines) is 3. The topological polar surface area (TPSA) is 181 Å². The first-order valence-electron chi connectivity index (χ1n) is 26.7. The molecule has 8 heterocycles. The smallest absolute Gasteiger partial charge is 0.410 e. The van der Waals surface area contributed by atoms with Crippen molar-refractivity contribution in [3.8, 4) is 0 Å². The molecule has 0 aromatic heterocycles. The highest BCUT2D eigenvalue weighted by Crippen LogP contribution is 2.46. The van der Waals surface area contributed by atoms with Crippen LogP contribution in [0.5, 0.6) is 0 Å². The van der Waals surface area contributed by atoms with Gasteiger partial charge in [0.1, 0.15) is 17.7 Å². The second kappa shape index (κ2) is 18.7. The van der Waals surface area contributed by atoms with Crippen molar-refractivity contribution in [2.45, 2.75) is 154 Å². The van der Waals surface area contributed by atoms with Crippen molar-refractivity contribution in [2.24, 2.45) is 22.7 Å². The van der Waals surface area contributed by atoms with Gasteiger partial charge in [-0.1, -0.05) is 49.9 Å². The van der Waals surface area contributed by atoms with Gasteiger partial charge in [0.15, 0.2) is 0 Å². The van der Waals surface area contributed by atoms with Crippen LogP contribution in [0, 0.1) is 22.7 Å². The van der Waals surface area contributed by atoms with Crippen LogP contribution in [0.2, 0.25) is 0 Å². The van der Waals surface area contributed by atoms with Crippen molar-refractivity contribution in [2.75, 3.05) is 52.4 Å². The monoisotopic (exact) mass is 973 g/mol. The molecule has 10 aliphatic rings. The van der Waals surface area contributed by atoms with Gasteiger partial charge in [0.25, 0.3) is 11.8 Å². The molecule has 8 fully saturated rings. The molecule has 6 atom stereocenters. The Morgan fingerprint density at radius 3 is 1.48 bits per heavy atom. The summed E-state index contributed by atoms with van der Waals surface area (Å²) in [6.45, 7) is 15.1. The van der Waals surface area contributed by atoms with E-state index in [9.17, 15) is 33.6 Å². The zero-order valence-electron chi connectivity index (χ0n) is 41.9. The highest BCUT2D eigenvalue weighted by Gasteiger charge is 2.56. The fraction of sp³-hybridized carbons (Fsp3) is 0.655. The van der Waals surface area contributed by atoms with E-state index in [2.05, 4.69) is 50.0 Å². The quantitative estimate of drug-likeness (QED) is 0.316. The first-order chi connectivity index (χ1) is 34.0. The van der Waals surface area contributed by atoms with E-state index in [4.69, 9.17) is 4.74 Å². The number of fused-ring (bicyclic) bond motifs is 2. The van der Waals surface area contributed by atoms with Gasteiger partial charge in [0.05, 0.1) is 0 Å². The zero-order chi connectivity index (χ0) is 49.4. The molecule has 71 heavy (non-hydrogen) atoms. The van der Waals surface area contributed by atoms with Gasteiger partial charge in [-0.05, 0) is 118 Å². The predicted octanol–water partition coefficient (Wildman–Crippen LogP) is 4.56. The minimum Gasteiger partial charge on any atom is -0.444 e. The molecular weight excluding hydrogens is 901 g/mol. The predicted molar refractivity (Wildman–Crippen MR) is 263 cm³/mol. The Hall–Kier alpha value is -5.19. The minimum absolute atomic E-state index is 0.0865. The molecule has 0 bridgehead atoms. The molecule has 2 aliphatic carbocycles. The Kier molecular flexibility index (Phi) is 12.7. The van der Waals surface area contributed by atoms with Crippen molar-refractivity contribution < 1.29 is 38.3 Å². The van der Waals surface area contributed by atoms with Crippen LogP contribution in [0.4, 0.5) is 4.79 Å². The van der Waals surface area contributed by atoms with Crippen molar-refractivity contribution in [3.05, 3.63) is 69.8 Å². The summed E-state index contributed by atoms with van der Waals surface area (Å²) in [7, 11) is 0. The highest BCUT2D eigenvalue weighted by molar-refractivity contribution is 6.06. The van der Waals surface area contributed by atoms with E-state index in [1.165, 1.54) is 88.7 Å². The highest BCUT2D eigenvalue weighted by atomic mass is 16.6. The summed E-state index contributed by atoms with van der Waals surface area (Å²) >= 11 is 0. The summed E-state index contributed by atoms with van der Waals surface area (Å²) in [5, 5.41) is 8.19. The Bertz CT molecular complexity index is 2500. The van der Waals surface area contributed by atoms with E-state index >= 15 is 0 Å². The molecule has 2 saturated carbocycles. The van der Waals surface area contributed by atoms with Crippen LogP contribution >= 0.6 is 0 Å². The third-order valence-electron chi connectivity index (χ3n) is 17.7. The fourth-order valence-corrected chi connectivity index (χ4v) is 14.1. The second-order valence-corrected chi connectivity index (χ2v) is 24.2. The number of carbonyl (C=O) groups excluding carboxylic acids is 7. The largest absolute Gasteiger partial charge is 0.444 e. The number of nitrogens with one attached hydrogen (secondary N) is 3. The molecule has 2 aromatic carbocycles. The maximum atomic E-state index is 13.1. The second-order valence-electron chi connectivity index (χ2n) is 24.2. The maximum Gasteiger partial charge on any atom is 0.410 e. The van der Waals surface area contributed by atoms with Crippen LogP contribution in [0.25, 0.3) is 0 Å². The Labute approximate surface area is 417 Å². The molecule has 380 valence electrons. The molecule has 6 saturated heterocycles. The number of hydrogen-bond donors (Lipinski definition) is 3. The normalized spacial score (nSPS) is 30.0. The molecule has 3 N–H and O–H groups in total. The lowest BCUT2D eigenvalue weighted by molar-refractivity contribution is -0.138. The first-order valence-corrected chi connectivity index (χ1v) is 26.7. The van der Waals surface area contributed by atoms with Crippen molar-refractivity contribution >= 4 is 41.5 Å². The molecule has 7 amide bonds. The number of ether oxygens (including phenoxy) is 1. The van der Waals surface area contributed by atoms with E-state index < -0.39 is 17.7 Å². The Morgan fingerprint density at radius 2 is 1.06 bits per heavy atom. The van der Waals surface area contributed by atoms with Gasteiger partial charge in [0.2, 0.25) is 23.6 Å². The summed E-state index contributed by atoms with van der Waals surface area (Å²) in [6.07, 6.45) is 13.4. The minimum atomic E-state index is -0.578. The summed E-state index contributed by atoms with van der Waals surface area (Å²) in [5.41, 5.74) is 6.27. The van der Waals surface area contributed by atoms with Crippen LogP contribution in [0.1, 0.15) is 141 Å². The van der Waals surface area contributed by atoms with E-state index in [1.54, 1.807) is 9.80 Å². The molecular formula is C55H72N8O8. The fourth-order valence-electron chi connectivity index (χ4n) is 14.1. The van der Waals surface area contributed by atoms with E-state index in [-0.39, 0.29) is 53.4 Å². The van der Waals surface area contributed by atoms with E-state index in [0.717, 1.165) is 50.1 Å². The Morgan fingerprint density at radius 1 is 0.606 bits per heavy atom. The van der Waals surface area contributed by atoms with Crippen LogP contribution in [0.3, 0.4) is 0 Å². The Balaban J connectivity index is 0.000000157. The van der Waals surface area contributed by atoms with E-state index in [0.29, 0.717) is 72.8 Å². The molecule has 2 spiro atoms. The third kappa shape index (κ3) is 9.53. The lowest BCUT2D eigenvalue weighted by Crippen LogP contribution is -2.75. The number of piperidine rings is 2. The van der Waals surface area contributed by atoms with Crippen LogP contribution in [-0.4, -0.2) is 148 Å². The van der Waals surface area contributed by atoms with Crippen molar-refractivity contribution in [3.63, 3.8) is 0 Å². The molecule has 2 aromatic rings. The number of benzene rings is 2. The molecule has 12 rings (SSSR count). The van der Waals surface area contributed by atoms with Crippen LogP contribution in [0.15, 0.2) is 36.4 Å². The van der Waals surface area contributed by atoms with Gasteiger partial charge in [-0.2, -0.15) is 0 Å². The van der Waals surface area contributed by atoms with Gasteiger partial charge in [-0.3, -0.25) is 49.2 Å². The lowest BCUT2D eigenvalue weighted by atomic mass is 9.69. The average molecular weight is 973 g/mol. The van der Waals surface area contributed by atoms with Gasteiger partial charge in [-0.15, -0.1) is 0 Å². The summed E-state index contributed by atoms with van der Waals surface area (Å²) in [5.74, 6) is -0.190.